The third kappa shape index (κ3) is 4.25. The van der Waals surface area contributed by atoms with Crippen LogP contribution in [0.4, 0.5) is 4.39 Å². The van der Waals surface area contributed by atoms with Crippen LogP contribution in [0.1, 0.15) is 5.56 Å². The number of benzene rings is 1. The predicted octanol–water partition coefficient (Wildman–Crippen LogP) is 1.28. The van der Waals surface area contributed by atoms with Crippen LogP contribution in [0.5, 0.6) is 0 Å². The summed E-state index contributed by atoms with van der Waals surface area (Å²) in [4.78, 5) is 18.3. The Labute approximate surface area is 126 Å². The minimum absolute atomic E-state index is 0.0562. The first-order valence-electron chi connectivity index (χ1n) is 7.33. The molecule has 1 atom stereocenters. The Kier molecular flexibility index (Phi) is 5.31. The Morgan fingerprint density at radius 2 is 2.00 bits per heavy atom. The first kappa shape index (κ1) is 15.9. The summed E-state index contributed by atoms with van der Waals surface area (Å²) in [6.45, 7) is 3.73. The van der Waals surface area contributed by atoms with E-state index in [1.165, 1.54) is 6.07 Å². The normalized spacial score (nSPS) is 21.0. The Hall–Kier alpha value is -1.46. The van der Waals surface area contributed by atoms with E-state index in [0.29, 0.717) is 18.7 Å². The SMILES string of the molecule is CN1CCN(Cc2ccccc2F)CC(C(=O)N(C)C)C1. The highest BCUT2D eigenvalue weighted by Crippen LogP contribution is 2.15. The smallest absolute Gasteiger partial charge is 0.227 e. The van der Waals surface area contributed by atoms with E-state index in [4.69, 9.17) is 0 Å². The van der Waals surface area contributed by atoms with Gasteiger partial charge in [-0.2, -0.15) is 0 Å². The lowest BCUT2D eigenvalue weighted by molar-refractivity contribution is -0.133. The molecule has 5 heteroatoms. The summed E-state index contributed by atoms with van der Waals surface area (Å²) in [5.41, 5.74) is 0.693. The van der Waals surface area contributed by atoms with Crippen molar-refractivity contribution < 1.29 is 9.18 Å². The van der Waals surface area contributed by atoms with Crippen molar-refractivity contribution in [2.75, 3.05) is 47.3 Å². The van der Waals surface area contributed by atoms with Crippen LogP contribution in [0.25, 0.3) is 0 Å². The summed E-state index contributed by atoms with van der Waals surface area (Å²) in [6, 6.07) is 6.85. The molecule has 0 N–H and O–H groups in total. The van der Waals surface area contributed by atoms with Crippen molar-refractivity contribution in [3.63, 3.8) is 0 Å². The summed E-state index contributed by atoms with van der Waals surface area (Å²) in [6.07, 6.45) is 0. The highest BCUT2D eigenvalue weighted by molar-refractivity contribution is 5.78. The second kappa shape index (κ2) is 7.00. The molecule has 1 saturated heterocycles. The van der Waals surface area contributed by atoms with Crippen LogP contribution >= 0.6 is 0 Å². The maximum Gasteiger partial charge on any atom is 0.227 e. The maximum atomic E-state index is 13.8. The first-order chi connectivity index (χ1) is 9.97. The van der Waals surface area contributed by atoms with E-state index < -0.39 is 0 Å². The monoisotopic (exact) mass is 293 g/mol. The maximum absolute atomic E-state index is 13.8. The second-order valence-corrected chi connectivity index (χ2v) is 6.02. The molecule has 1 unspecified atom stereocenters. The number of carbonyl (C=O) groups is 1. The van der Waals surface area contributed by atoms with Gasteiger partial charge in [-0.1, -0.05) is 18.2 Å². The lowest BCUT2D eigenvalue weighted by Gasteiger charge is -2.25. The molecular weight excluding hydrogens is 269 g/mol. The van der Waals surface area contributed by atoms with Crippen molar-refractivity contribution in [1.82, 2.24) is 14.7 Å². The van der Waals surface area contributed by atoms with Crippen molar-refractivity contribution in [3.05, 3.63) is 35.6 Å². The fraction of sp³-hybridized carbons (Fsp3) is 0.562. The van der Waals surface area contributed by atoms with E-state index in [-0.39, 0.29) is 17.6 Å². The average Bonchev–Trinajstić information content (AvgIpc) is 2.62. The van der Waals surface area contributed by atoms with E-state index in [2.05, 4.69) is 9.80 Å². The van der Waals surface area contributed by atoms with E-state index in [1.54, 1.807) is 25.1 Å². The fourth-order valence-electron chi connectivity index (χ4n) is 2.77. The zero-order valence-electron chi connectivity index (χ0n) is 13.1. The van der Waals surface area contributed by atoms with Gasteiger partial charge in [0.2, 0.25) is 5.91 Å². The van der Waals surface area contributed by atoms with Crippen LogP contribution < -0.4 is 0 Å². The van der Waals surface area contributed by atoms with Crippen LogP contribution in [-0.2, 0) is 11.3 Å². The summed E-state index contributed by atoms with van der Waals surface area (Å²) < 4.78 is 13.8. The molecule has 1 amide bonds. The van der Waals surface area contributed by atoms with Crippen molar-refractivity contribution in [1.29, 1.82) is 0 Å². The van der Waals surface area contributed by atoms with Crippen LogP contribution in [0.15, 0.2) is 24.3 Å². The number of hydrogen-bond donors (Lipinski definition) is 0. The van der Waals surface area contributed by atoms with E-state index in [0.717, 1.165) is 19.6 Å². The van der Waals surface area contributed by atoms with Gasteiger partial charge in [-0.15, -0.1) is 0 Å². The van der Waals surface area contributed by atoms with Crippen molar-refractivity contribution >= 4 is 5.91 Å². The quantitative estimate of drug-likeness (QED) is 0.840. The van der Waals surface area contributed by atoms with Gasteiger partial charge in [-0.3, -0.25) is 9.69 Å². The molecule has 1 aromatic carbocycles. The molecule has 1 aliphatic rings. The number of nitrogens with zero attached hydrogens (tertiary/aromatic N) is 3. The van der Waals surface area contributed by atoms with Gasteiger partial charge in [-0.05, 0) is 13.1 Å². The molecule has 1 aliphatic heterocycles. The van der Waals surface area contributed by atoms with Gasteiger partial charge in [0.25, 0.3) is 0 Å². The fourth-order valence-corrected chi connectivity index (χ4v) is 2.77. The molecule has 1 aromatic rings. The minimum Gasteiger partial charge on any atom is -0.348 e. The number of amides is 1. The zero-order chi connectivity index (χ0) is 15.4. The molecule has 4 nitrogen and oxygen atoms in total. The lowest BCUT2D eigenvalue weighted by Crippen LogP contribution is -2.40. The lowest BCUT2D eigenvalue weighted by atomic mass is 10.1. The molecule has 0 aromatic heterocycles. The Balaban J connectivity index is 2.09. The van der Waals surface area contributed by atoms with Crippen molar-refractivity contribution in [2.45, 2.75) is 6.54 Å². The number of hydrogen-bond acceptors (Lipinski definition) is 3. The summed E-state index contributed by atoms with van der Waals surface area (Å²) >= 11 is 0. The van der Waals surface area contributed by atoms with E-state index in [1.807, 2.05) is 19.2 Å². The van der Waals surface area contributed by atoms with Crippen LogP contribution in [-0.4, -0.2) is 67.9 Å². The van der Waals surface area contributed by atoms with Gasteiger partial charge >= 0.3 is 0 Å². The molecule has 0 spiro atoms. The highest BCUT2D eigenvalue weighted by atomic mass is 19.1. The summed E-state index contributed by atoms with van der Waals surface area (Å²) in [7, 11) is 5.60. The number of halogens is 1. The molecule has 2 rings (SSSR count). The van der Waals surface area contributed by atoms with Crippen molar-refractivity contribution in [3.8, 4) is 0 Å². The van der Waals surface area contributed by atoms with E-state index in [9.17, 15) is 9.18 Å². The number of rotatable bonds is 3. The zero-order valence-corrected chi connectivity index (χ0v) is 13.1. The molecule has 0 bridgehead atoms. The molecule has 0 saturated carbocycles. The standard InChI is InChI=1S/C16H24FN3O/c1-18(2)16(21)14-10-19(3)8-9-20(12-14)11-13-6-4-5-7-15(13)17/h4-7,14H,8-12H2,1-3H3. The molecular formula is C16H24FN3O. The Morgan fingerprint density at radius 3 is 2.67 bits per heavy atom. The number of carbonyl (C=O) groups excluding carboxylic acids is 1. The second-order valence-electron chi connectivity index (χ2n) is 6.02. The topological polar surface area (TPSA) is 26.8 Å². The van der Waals surface area contributed by atoms with Gasteiger partial charge in [0.15, 0.2) is 0 Å². The van der Waals surface area contributed by atoms with Gasteiger partial charge < -0.3 is 9.80 Å². The third-order valence-electron chi connectivity index (χ3n) is 3.95. The largest absolute Gasteiger partial charge is 0.348 e. The average molecular weight is 293 g/mol. The molecule has 21 heavy (non-hydrogen) atoms. The van der Waals surface area contributed by atoms with Gasteiger partial charge in [0.1, 0.15) is 5.82 Å². The predicted molar refractivity (Wildman–Crippen MR) is 81.4 cm³/mol. The summed E-state index contributed by atoms with van der Waals surface area (Å²) in [5, 5.41) is 0. The summed E-state index contributed by atoms with van der Waals surface area (Å²) in [5.74, 6) is -0.0906. The number of likely N-dealkylation sites (N-methyl/N-ethyl adjacent to an activating group) is 1. The third-order valence-corrected chi connectivity index (χ3v) is 3.95. The van der Waals surface area contributed by atoms with Crippen LogP contribution in [0.3, 0.4) is 0 Å². The van der Waals surface area contributed by atoms with Gasteiger partial charge in [-0.25, -0.2) is 4.39 Å². The Morgan fingerprint density at radius 1 is 1.29 bits per heavy atom. The van der Waals surface area contributed by atoms with Crippen LogP contribution in [0.2, 0.25) is 0 Å². The molecule has 0 aliphatic carbocycles. The molecule has 1 fully saturated rings. The molecule has 1 heterocycles. The Bertz CT molecular complexity index is 492. The molecule has 116 valence electrons. The van der Waals surface area contributed by atoms with Gasteiger partial charge in [0, 0.05) is 52.4 Å². The minimum atomic E-state index is -0.175. The van der Waals surface area contributed by atoms with E-state index >= 15 is 0 Å². The van der Waals surface area contributed by atoms with Crippen LogP contribution in [0, 0.1) is 11.7 Å². The highest BCUT2D eigenvalue weighted by Gasteiger charge is 2.27. The first-order valence-corrected chi connectivity index (χ1v) is 7.33. The molecule has 0 radical (unpaired) electrons. The van der Waals surface area contributed by atoms with Crippen molar-refractivity contribution in [2.24, 2.45) is 5.92 Å². The van der Waals surface area contributed by atoms with Gasteiger partial charge in [0.05, 0.1) is 5.92 Å².